The van der Waals surface area contributed by atoms with Gasteiger partial charge in [-0.1, -0.05) is 30.3 Å². The maximum absolute atomic E-state index is 12.7. The molecule has 1 fully saturated rings. The van der Waals surface area contributed by atoms with Crippen molar-refractivity contribution < 1.29 is 34.1 Å². The minimum atomic E-state index is -1.19. The summed E-state index contributed by atoms with van der Waals surface area (Å²) in [4.78, 5) is 35.9. The highest BCUT2D eigenvalue weighted by atomic mass is 16.7. The Balaban J connectivity index is 1.28. The number of anilines is 1. The number of non-ortho nitro benzene ring substituents is 1. The number of aliphatic hydroxyl groups is 2. The predicted molar refractivity (Wildman–Crippen MR) is 144 cm³/mol. The third kappa shape index (κ3) is 6.21. The normalized spacial score (nSPS) is 21.1. The number of fused-ring (bicyclic) bond motifs is 1. The number of amides is 1. The Morgan fingerprint density at radius 3 is 2.63 bits per heavy atom. The number of aliphatic hydroxyl groups excluding tert-OH is 2. The van der Waals surface area contributed by atoms with Crippen molar-refractivity contribution >= 4 is 28.6 Å². The summed E-state index contributed by atoms with van der Waals surface area (Å²) in [6.45, 7) is 1.46. The van der Waals surface area contributed by atoms with Gasteiger partial charge in [0.05, 0.1) is 24.5 Å². The van der Waals surface area contributed by atoms with Gasteiger partial charge in [-0.3, -0.25) is 19.5 Å². The summed E-state index contributed by atoms with van der Waals surface area (Å²) >= 11 is 0. The molecular weight excluding hydrogens is 536 g/mol. The van der Waals surface area contributed by atoms with Crippen LogP contribution in [0.1, 0.15) is 29.1 Å². The summed E-state index contributed by atoms with van der Waals surface area (Å²) in [5.41, 5.74) is 1.93. The number of aromatic nitrogens is 4. The van der Waals surface area contributed by atoms with Crippen molar-refractivity contribution in [3.8, 4) is 0 Å². The van der Waals surface area contributed by atoms with Crippen molar-refractivity contribution in [3.05, 3.63) is 88.5 Å². The molecule has 2 aromatic carbocycles. The molecule has 1 aliphatic rings. The lowest BCUT2D eigenvalue weighted by molar-refractivity contribution is -0.384. The van der Waals surface area contributed by atoms with Gasteiger partial charge in [-0.2, -0.15) is 0 Å². The van der Waals surface area contributed by atoms with Gasteiger partial charge in [0.25, 0.3) is 11.6 Å². The van der Waals surface area contributed by atoms with E-state index in [2.05, 4.69) is 20.3 Å². The summed E-state index contributed by atoms with van der Waals surface area (Å²) in [5, 5.41) is 34.2. The summed E-state index contributed by atoms with van der Waals surface area (Å²) in [7, 11) is 0. The van der Waals surface area contributed by atoms with Crippen LogP contribution in [0.15, 0.2) is 67.3 Å². The number of nitro groups is 1. The van der Waals surface area contributed by atoms with Crippen molar-refractivity contribution in [1.82, 2.24) is 19.5 Å². The Hall–Kier alpha value is -4.34. The average molecular weight is 565 g/mol. The van der Waals surface area contributed by atoms with Crippen LogP contribution < -0.4 is 5.32 Å². The standard InChI is InChI=1S/C27H28N6O8/c1-16(39-12-11-17-7-9-19(10-8-17)33(37)38)40-23-22(35)20(13-34)41-27(23)32-15-30-21-24(28-14-29-25(21)32)31-26(36)18-5-3-2-4-6-18/h2-10,14-16,20,22-23,27,34-35H,11-13H2,1H3,(H,28,29,31,36)/t16?,20-,22?,23?,27-/m1/s1. The first-order chi connectivity index (χ1) is 19.9. The van der Waals surface area contributed by atoms with Gasteiger partial charge in [0.1, 0.15) is 24.6 Å². The molecule has 0 aliphatic carbocycles. The Morgan fingerprint density at radius 2 is 1.93 bits per heavy atom. The highest BCUT2D eigenvalue weighted by molar-refractivity contribution is 6.06. The van der Waals surface area contributed by atoms with Crippen molar-refractivity contribution in [2.45, 2.75) is 44.2 Å². The molecule has 2 aromatic heterocycles. The number of nitrogens with one attached hydrogen (secondary N) is 1. The zero-order valence-electron chi connectivity index (χ0n) is 21.9. The first-order valence-corrected chi connectivity index (χ1v) is 12.8. The molecule has 214 valence electrons. The van der Waals surface area contributed by atoms with Crippen LogP contribution in [0.4, 0.5) is 11.5 Å². The summed E-state index contributed by atoms with van der Waals surface area (Å²) in [6.07, 6.45) is -1.60. The number of hydrogen-bond acceptors (Lipinski definition) is 11. The van der Waals surface area contributed by atoms with Crippen LogP contribution in [0.2, 0.25) is 0 Å². The van der Waals surface area contributed by atoms with Gasteiger partial charge in [0.2, 0.25) is 0 Å². The van der Waals surface area contributed by atoms with Crippen LogP contribution in [0.3, 0.4) is 0 Å². The molecule has 5 rings (SSSR count). The van der Waals surface area contributed by atoms with Crippen LogP contribution in [0.5, 0.6) is 0 Å². The lowest BCUT2D eigenvalue weighted by Crippen LogP contribution is -2.38. The Bertz CT molecular complexity index is 1500. The highest BCUT2D eigenvalue weighted by Gasteiger charge is 2.46. The Kier molecular flexibility index (Phi) is 8.56. The topological polar surface area (TPSA) is 184 Å². The summed E-state index contributed by atoms with van der Waals surface area (Å²) < 4.78 is 19.3. The lowest BCUT2D eigenvalue weighted by Gasteiger charge is -2.25. The molecule has 5 atom stereocenters. The van der Waals surface area contributed by atoms with Gasteiger partial charge in [-0.15, -0.1) is 0 Å². The quantitative estimate of drug-likeness (QED) is 0.138. The van der Waals surface area contributed by atoms with Crippen LogP contribution in [0.25, 0.3) is 11.2 Å². The molecule has 3 unspecified atom stereocenters. The molecule has 0 bridgehead atoms. The minimum absolute atomic E-state index is 0.00839. The molecule has 0 radical (unpaired) electrons. The summed E-state index contributed by atoms with van der Waals surface area (Å²) in [5.74, 6) is -0.172. The molecule has 1 saturated heterocycles. The SMILES string of the molecule is CC(OCCc1ccc([N+](=O)[O-])cc1)OC1C(O)[C@@H](CO)O[C@H]1n1cnc2c(NC(=O)c3ccccc3)ncnc21. The number of nitrogens with zero attached hydrogens (tertiary/aromatic N) is 5. The van der Waals surface area contributed by atoms with Crippen LogP contribution in [0, 0.1) is 10.1 Å². The largest absolute Gasteiger partial charge is 0.394 e. The fourth-order valence-electron chi connectivity index (χ4n) is 4.53. The first kappa shape index (κ1) is 28.2. The molecule has 1 amide bonds. The molecule has 0 spiro atoms. The number of carbonyl (C=O) groups is 1. The fraction of sp³-hybridized carbons (Fsp3) is 0.333. The van der Waals surface area contributed by atoms with E-state index in [0.29, 0.717) is 23.1 Å². The predicted octanol–water partition coefficient (Wildman–Crippen LogP) is 2.23. The molecule has 14 heteroatoms. The van der Waals surface area contributed by atoms with Crippen molar-refractivity contribution in [2.24, 2.45) is 0 Å². The fourth-order valence-corrected chi connectivity index (χ4v) is 4.53. The van der Waals surface area contributed by atoms with E-state index in [1.165, 1.54) is 24.8 Å². The molecular formula is C27H28N6O8. The zero-order chi connectivity index (χ0) is 28.9. The second-order valence-corrected chi connectivity index (χ2v) is 9.32. The van der Waals surface area contributed by atoms with E-state index in [1.807, 2.05) is 0 Å². The smallest absolute Gasteiger partial charge is 0.269 e. The number of benzene rings is 2. The van der Waals surface area contributed by atoms with Gasteiger partial charge in [-0.25, -0.2) is 15.0 Å². The van der Waals surface area contributed by atoms with E-state index in [-0.39, 0.29) is 24.0 Å². The van der Waals surface area contributed by atoms with Crippen LogP contribution in [-0.4, -0.2) is 78.4 Å². The second kappa shape index (κ2) is 12.4. The molecule has 14 nitrogen and oxygen atoms in total. The van der Waals surface area contributed by atoms with Crippen molar-refractivity contribution in [3.63, 3.8) is 0 Å². The van der Waals surface area contributed by atoms with Gasteiger partial charge in [0, 0.05) is 17.7 Å². The van der Waals surface area contributed by atoms with Gasteiger partial charge < -0.3 is 29.7 Å². The number of hydrogen-bond donors (Lipinski definition) is 3. The third-order valence-corrected chi connectivity index (χ3v) is 6.63. The molecule has 41 heavy (non-hydrogen) atoms. The van der Waals surface area contributed by atoms with E-state index >= 15 is 0 Å². The summed E-state index contributed by atoms with van der Waals surface area (Å²) in [6, 6.07) is 14.8. The second-order valence-electron chi connectivity index (χ2n) is 9.32. The lowest BCUT2D eigenvalue weighted by atomic mass is 10.1. The molecule has 3 N–H and O–H groups in total. The van der Waals surface area contributed by atoms with Gasteiger partial charge in [0.15, 0.2) is 29.5 Å². The number of ether oxygens (including phenoxy) is 3. The van der Waals surface area contributed by atoms with E-state index in [4.69, 9.17) is 14.2 Å². The van der Waals surface area contributed by atoms with Crippen molar-refractivity contribution in [1.29, 1.82) is 0 Å². The van der Waals surface area contributed by atoms with Gasteiger partial charge in [-0.05, 0) is 31.0 Å². The van der Waals surface area contributed by atoms with E-state index in [1.54, 1.807) is 54.0 Å². The Labute approximate surface area is 233 Å². The van der Waals surface area contributed by atoms with Crippen molar-refractivity contribution in [2.75, 3.05) is 18.5 Å². The maximum atomic E-state index is 12.7. The number of carbonyl (C=O) groups excluding carboxylic acids is 1. The molecule has 1 aliphatic heterocycles. The number of imidazole rings is 1. The highest BCUT2D eigenvalue weighted by Crippen LogP contribution is 2.35. The van der Waals surface area contributed by atoms with E-state index in [9.17, 15) is 25.1 Å². The average Bonchev–Trinajstić information content (AvgIpc) is 3.55. The maximum Gasteiger partial charge on any atom is 0.269 e. The molecule has 0 saturated carbocycles. The monoisotopic (exact) mass is 564 g/mol. The first-order valence-electron chi connectivity index (χ1n) is 12.8. The zero-order valence-corrected chi connectivity index (χ0v) is 21.9. The van der Waals surface area contributed by atoms with Crippen LogP contribution in [-0.2, 0) is 20.6 Å². The van der Waals surface area contributed by atoms with Gasteiger partial charge >= 0.3 is 0 Å². The number of rotatable bonds is 11. The minimum Gasteiger partial charge on any atom is -0.394 e. The number of nitro benzene ring substituents is 1. The molecule has 4 aromatic rings. The van der Waals surface area contributed by atoms with E-state index in [0.717, 1.165) is 5.56 Å². The molecule has 3 heterocycles. The third-order valence-electron chi connectivity index (χ3n) is 6.63. The Morgan fingerprint density at radius 1 is 1.17 bits per heavy atom. The van der Waals surface area contributed by atoms with E-state index < -0.39 is 42.4 Å². The van der Waals surface area contributed by atoms with Crippen LogP contribution >= 0.6 is 0 Å².